The number of hydrogen-bond donors (Lipinski definition) is 0. The Bertz CT molecular complexity index is 89.1. The Morgan fingerprint density at radius 2 is 2.33 bits per heavy atom. The lowest BCUT2D eigenvalue weighted by Gasteiger charge is -2.11. The molecular formula is C6H13BO2. The molecule has 0 bridgehead atoms. The van der Waals surface area contributed by atoms with Crippen LogP contribution in [0.2, 0.25) is 6.32 Å². The SMILES string of the molecule is BCC(CC)OC(C)=O. The van der Waals surface area contributed by atoms with Crippen LogP contribution in [0.1, 0.15) is 20.3 Å². The standard InChI is InChI=1S/C6H13BO2/c1-3-6(4-7)9-5(2)8/h6H,3-4,7H2,1-2H3. The lowest BCUT2D eigenvalue weighted by atomic mass is 9.98. The Morgan fingerprint density at radius 3 is 2.44 bits per heavy atom. The number of rotatable bonds is 3. The van der Waals surface area contributed by atoms with Crippen molar-refractivity contribution in [3.63, 3.8) is 0 Å². The van der Waals surface area contributed by atoms with Gasteiger partial charge in [0.2, 0.25) is 0 Å². The maximum atomic E-state index is 10.3. The highest BCUT2D eigenvalue weighted by Gasteiger charge is 2.04. The predicted molar refractivity (Wildman–Crippen MR) is 39.2 cm³/mol. The minimum absolute atomic E-state index is 0.127. The maximum Gasteiger partial charge on any atom is 0.302 e. The summed E-state index contributed by atoms with van der Waals surface area (Å²) in [6, 6.07) is 0. The summed E-state index contributed by atoms with van der Waals surface area (Å²) in [7, 11) is 2.01. The van der Waals surface area contributed by atoms with E-state index in [1.807, 2.05) is 14.8 Å². The van der Waals surface area contributed by atoms with E-state index in [1.165, 1.54) is 6.92 Å². The fourth-order valence-electron chi connectivity index (χ4n) is 0.690. The molecule has 1 atom stereocenters. The molecule has 0 aromatic carbocycles. The van der Waals surface area contributed by atoms with Gasteiger partial charge in [0.25, 0.3) is 0 Å². The van der Waals surface area contributed by atoms with Gasteiger partial charge in [-0.25, -0.2) is 0 Å². The van der Waals surface area contributed by atoms with Crippen molar-refractivity contribution in [1.82, 2.24) is 0 Å². The molecule has 1 unspecified atom stereocenters. The molecule has 0 N–H and O–H groups in total. The lowest BCUT2D eigenvalue weighted by Crippen LogP contribution is -2.13. The summed E-state index contributed by atoms with van der Waals surface area (Å²) in [5, 5.41) is 0. The topological polar surface area (TPSA) is 26.3 Å². The minimum Gasteiger partial charge on any atom is -0.463 e. The molecule has 3 heteroatoms. The lowest BCUT2D eigenvalue weighted by molar-refractivity contribution is -0.145. The van der Waals surface area contributed by atoms with Crippen molar-refractivity contribution < 1.29 is 9.53 Å². The molecule has 0 aromatic rings. The van der Waals surface area contributed by atoms with Gasteiger partial charge in [-0.2, -0.15) is 0 Å². The average Bonchev–Trinajstić information content (AvgIpc) is 1.82. The first-order chi connectivity index (χ1) is 4.20. The van der Waals surface area contributed by atoms with Gasteiger partial charge in [-0.1, -0.05) is 6.92 Å². The molecule has 0 rings (SSSR count). The van der Waals surface area contributed by atoms with E-state index in [4.69, 9.17) is 4.74 Å². The van der Waals surface area contributed by atoms with Crippen LogP contribution in [0.15, 0.2) is 0 Å². The van der Waals surface area contributed by atoms with Crippen LogP contribution < -0.4 is 0 Å². The summed E-state index contributed by atoms with van der Waals surface area (Å²) >= 11 is 0. The van der Waals surface area contributed by atoms with Crippen LogP contribution in [-0.2, 0) is 9.53 Å². The summed E-state index contributed by atoms with van der Waals surface area (Å²) in [5.41, 5.74) is 0. The van der Waals surface area contributed by atoms with Gasteiger partial charge in [0.1, 0.15) is 7.85 Å². The predicted octanol–water partition coefficient (Wildman–Crippen LogP) is 0.379. The summed E-state index contributed by atoms with van der Waals surface area (Å²) in [6.07, 6.45) is 1.95. The second-order valence-corrected chi connectivity index (χ2v) is 2.05. The van der Waals surface area contributed by atoms with Crippen molar-refractivity contribution in [3.8, 4) is 0 Å². The summed E-state index contributed by atoms with van der Waals surface area (Å²) in [4.78, 5) is 10.3. The average molecular weight is 128 g/mol. The van der Waals surface area contributed by atoms with Crippen LogP contribution in [-0.4, -0.2) is 19.9 Å². The summed E-state index contributed by atoms with van der Waals surface area (Å²) in [6.45, 7) is 3.45. The quantitative estimate of drug-likeness (QED) is 0.405. The Hall–Kier alpha value is -0.465. The normalized spacial score (nSPS) is 12.7. The minimum atomic E-state index is -0.177. The van der Waals surface area contributed by atoms with Gasteiger partial charge in [0.15, 0.2) is 0 Å². The van der Waals surface area contributed by atoms with E-state index in [2.05, 4.69) is 0 Å². The monoisotopic (exact) mass is 128 g/mol. The van der Waals surface area contributed by atoms with Crippen molar-refractivity contribution in [2.75, 3.05) is 0 Å². The number of ether oxygens (including phenoxy) is 1. The molecule has 2 nitrogen and oxygen atoms in total. The van der Waals surface area contributed by atoms with E-state index in [1.54, 1.807) is 0 Å². The van der Waals surface area contributed by atoms with Crippen molar-refractivity contribution in [2.45, 2.75) is 32.7 Å². The third-order valence-electron chi connectivity index (χ3n) is 1.24. The number of carbonyl (C=O) groups excluding carboxylic acids is 1. The second kappa shape index (κ2) is 4.42. The van der Waals surface area contributed by atoms with E-state index in [9.17, 15) is 4.79 Å². The maximum absolute atomic E-state index is 10.3. The van der Waals surface area contributed by atoms with E-state index in [0.29, 0.717) is 0 Å². The molecular weight excluding hydrogens is 115 g/mol. The molecule has 0 radical (unpaired) electrons. The first kappa shape index (κ1) is 8.53. The first-order valence-corrected chi connectivity index (χ1v) is 3.37. The third-order valence-corrected chi connectivity index (χ3v) is 1.24. The highest BCUT2D eigenvalue weighted by atomic mass is 16.5. The third kappa shape index (κ3) is 4.07. The van der Waals surface area contributed by atoms with Crippen LogP contribution >= 0.6 is 0 Å². The fourth-order valence-corrected chi connectivity index (χ4v) is 0.690. The molecule has 0 aliphatic rings. The molecule has 0 saturated carbocycles. The van der Waals surface area contributed by atoms with Crippen LogP contribution in [0.4, 0.5) is 0 Å². The van der Waals surface area contributed by atoms with Crippen LogP contribution in [0.25, 0.3) is 0 Å². The van der Waals surface area contributed by atoms with E-state index >= 15 is 0 Å². The fraction of sp³-hybridized carbons (Fsp3) is 0.833. The number of carbonyl (C=O) groups is 1. The molecule has 0 aliphatic carbocycles. The zero-order valence-corrected chi connectivity index (χ0v) is 6.31. The molecule has 0 spiro atoms. The largest absolute Gasteiger partial charge is 0.463 e. The van der Waals surface area contributed by atoms with Gasteiger partial charge >= 0.3 is 5.97 Å². The zero-order chi connectivity index (χ0) is 7.28. The van der Waals surface area contributed by atoms with Crippen molar-refractivity contribution in [3.05, 3.63) is 0 Å². The van der Waals surface area contributed by atoms with Gasteiger partial charge in [0.05, 0.1) is 6.10 Å². The van der Waals surface area contributed by atoms with E-state index in [-0.39, 0.29) is 12.1 Å². The molecule has 0 aliphatic heterocycles. The van der Waals surface area contributed by atoms with E-state index < -0.39 is 0 Å². The Balaban J connectivity index is 3.43. The molecule has 9 heavy (non-hydrogen) atoms. The van der Waals surface area contributed by atoms with Gasteiger partial charge in [-0.05, 0) is 12.7 Å². The van der Waals surface area contributed by atoms with Crippen molar-refractivity contribution >= 4 is 13.8 Å². The molecule has 0 heterocycles. The van der Waals surface area contributed by atoms with Crippen molar-refractivity contribution in [1.29, 1.82) is 0 Å². The van der Waals surface area contributed by atoms with E-state index in [0.717, 1.165) is 12.7 Å². The Morgan fingerprint density at radius 1 is 1.78 bits per heavy atom. The highest BCUT2D eigenvalue weighted by molar-refractivity contribution is 6.08. The Kier molecular flexibility index (Phi) is 4.19. The molecule has 52 valence electrons. The second-order valence-electron chi connectivity index (χ2n) is 2.05. The summed E-state index contributed by atoms with van der Waals surface area (Å²) < 4.78 is 4.91. The zero-order valence-electron chi connectivity index (χ0n) is 6.31. The van der Waals surface area contributed by atoms with Crippen LogP contribution in [0.3, 0.4) is 0 Å². The highest BCUT2D eigenvalue weighted by Crippen LogP contribution is 2.00. The molecule has 0 aromatic heterocycles. The smallest absolute Gasteiger partial charge is 0.302 e. The first-order valence-electron chi connectivity index (χ1n) is 3.37. The molecule has 0 fully saturated rings. The van der Waals surface area contributed by atoms with Gasteiger partial charge < -0.3 is 4.74 Å². The van der Waals surface area contributed by atoms with Crippen LogP contribution in [0.5, 0.6) is 0 Å². The van der Waals surface area contributed by atoms with Gasteiger partial charge in [0, 0.05) is 6.92 Å². The molecule has 0 saturated heterocycles. The van der Waals surface area contributed by atoms with Crippen molar-refractivity contribution in [2.24, 2.45) is 0 Å². The number of hydrogen-bond acceptors (Lipinski definition) is 2. The van der Waals surface area contributed by atoms with Gasteiger partial charge in [-0.15, -0.1) is 0 Å². The molecule has 0 amide bonds. The van der Waals surface area contributed by atoms with Gasteiger partial charge in [-0.3, -0.25) is 4.79 Å². The van der Waals surface area contributed by atoms with Crippen LogP contribution in [0, 0.1) is 0 Å². The Labute approximate surface area is 57.0 Å². The number of esters is 1. The summed E-state index contributed by atoms with van der Waals surface area (Å²) in [5.74, 6) is -0.177.